The van der Waals surface area contributed by atoms with Crippen molar-refractivity contribution >= 4 is 17.5 Å². The molecule has 6 nitrogen and oxygen atoms in total. The van der Waals surface area contributed by atoms with Crippen molar-refractivity contribution in [2.45, 2.75) is 32.4 Å². The molecule has 3 rings (SSSR count). The molecule has 1 atom stereocenters. The number of ether oxygens (including phenoxy) is 1. The molecular weight excluding hydrogens is 304 g/mol. The first-order chi connectivity index (χ1) is 10.6. The number of para-hydroxylation sites is 1. The van der Waals surface area contributed by atoms with Crippen molar-refractivity contribution in [3.63, 3.8) is 0 Å². The molecule has 1 N–H and O–H groups in total. The van der Waals surface area contributed by atoms with Gasteiger partial charge in [0.25, 0.3) is 5.91 Å². The average molecular weight is 321 g/mol. The quantitative estimate of drug-likeness (QED) is 0.916. The van der Waals surface area contributed by atoms with Crippen LogP contribution >= 0.6 is 11.6 Å². The Morgan fingerprint density at radius 2 is 2.27 bits per heavy atom. The highest BCUT2D eigenvalue weighted by Crippen LogP contribution is 2.23. The van der Waals surface area contributed by atoms with Crippen molar-refractivity contribution in [1.29, 1.82) is 0 Å². The predicted octanol–water partition coefficient (Wildman–Crippen LogP) is 2.13. The minimum absolute atomic E-state index is 0.0882. The summed E-state index contributed by atoms with van der Waals surface area (Å²) >= 11 is 5.98. The van der Waals surface area contributed by atoms with Crippen molar-refractivity contribution in [2.75, 3.05) is 6.61 Å². The SMILES string of the molecule is C[C@@H](NC(=O)COc1ccccc1Cl)c1nnc2n1CCC2. The van der Waals surface area contributed by atoms with Gasteiger partial charge < -0.3 is 14.6 Å². The highest BCUT2D eigenvalue weighted by atomic mass is 35.5. The number of nitrogens with zero attached hydrogens (tertiary/aromatic N) is 3. The van der Waals surface area contributed by atoms with Gasteiger partial charge in [0, 0.05) is 13.0 Å². The van der Waals surface area contributed by atoms with Crippen LogP contribution in [0.4, 0.5) is 0 Å². The van der Waals surface area contributed by atoms with Gasteiger partial charge in [-0.1, -0.05) is 23.7 Å². The van der Waals surface area contributed by atoms with Crippen molar-refractivity contribution in [1.82, 2.24) is 20.1 Å². The lowest BCUT2D eigenvalue weighted by atomic mass is 10.3. The molecule has 0 saturated carbocycles. The molecule has 1 aliphatic rings. The summed E-state index contributed by atoms with van der Waals surface area (Å²) in [6.07, 6.45) is 2.03. The van der Waals surface area contributed by atoms with E-state index in [-0.39, 0.29) is 18.6 Å². The van der Waals surface area contributed by atoms with E-state index in [1.54, 1.807) is 18.2 Å². The van der Waals surface area contributed by atoms with E-state index in [1.807, 2.05) is 13.0 Å². The van der Waals surface area contributed by atoms with Gasteiger partial charge in [0.05, 0.1) is 11.1 Å². The second kappa shape index (κ2) is 6.36. The van der Waals surface area contributed by atoms with Crippen LogP contribution < -0.4 is 10.1 Å². The molecule has 7 heteroatoms. The molecule has 0 aliphatic carbocycles. The molecule has 0 radical (unpaired) electrons. The zero-order chi connectivity index (χ0) is 15.5. The molecule has 0 spiro atoms. The lowest BCUT2D eigenvalue weighted by Crippen LogP contribution is -2.32. The van der Waals surface area contributed by atoms with Gasteiger partial charge in [-0.3, -0.25) is 4.79 Å². The fourth-order valence-electron chi connectivity index (χ4n) is 2.55. The zero-order valence-electron chi connectivity index (χ0n) is 12.3. The summed E-state index contributed by atoms with van der Waals surface area (Å²) in [7, 11) is 0. The number of hydrogen-bond donors (Lipinski definition) is 1. The summed E-state index contributed by atoms with van der Waals surface area (Å²) in [4.78, 5) is 12.0. The molecular formula is C15H17ClN4O2. The van der Waals surface area contributed by atoms with Crippen LogP contribution in [0.25, 0.3) is 0 Å². The topological polar surface area (TPSA) is 69.0 Å². The first kappa shape index (κ1) is 14.8. The fourth-order valence-corrected chi connectivity index (χ4v) is 2.74. The Labute approximate surface area is 133 Å². The molecule has 0 bridgehead atoms. The maximum absolute atomic E-state index is 12.0. The van der Waals surface area contributed by atoms with Gasteiger partial charge in [0.2, 0.25) is 0 Å². The normalized spacial score (nSPS) is 14.5. The van der Waals surface area contributed by atoms with E-state index < -0.39 is 0 Å². The standard InChI is InChI=1S/C15H17ClN4O2/c1-10(15-19-18-13-7-4-8-20(13)15)17-14(21)9-22-12-6-3-2-5-11(12)16/h2-3,5-6,10H,4,7-9H2,1H3,(H,17,21)/t10-/m1/s1. The van der Waals surface area contributed by atoms with E-state index in [9.17, 15) is 4.79 Å². The monoisotopic (exact) mass is 320 g/mol. The Balaban J connectivity index is 1.56. The molecule has 1 aliphatic heterocycles. The number of carbonyl (C=O) groups excluding carboxylic acids is 1. The summed E-state index contributed by atoms with van der Waals surface area (Å²) in [5, 5.41) is 11.7. The van der Waals surface area contributed by atoms with E-state index in [0.29, 0.717) is 10.8 Å². The number of hydrogen-bond acceptors (Lipinski definition) is 4. The molecule has 0 saturated heterocycles. The number of aryl methyl sites for hydroxylation is 1. The van der Waals surface area contributed by atoms with Crippen LogP contribution in [0.1, 0.15) is 31.0 Å². The fraction of sp³-hybridized carbons (Fsp3) is 0.400. The summed E-state index contributed by atoms with van der Waals surface area (Å²) in [5.41, 5.74) is 0. The molecule has 2 aromatic rings. The predicted molar refractivity (Wildman–Crippen MR) is 81.8 cm³/mol. The first-order valence-corrected chi connectivity index (χ1v) is 7.61. The Morgan fingerprint density at radius 1 is 1.45 bits per heavy atom. The summed E-state index contributed by atoms with van der Waals surface area (Å²) < 4.78 is 7.49. The number of aromatic nitrogens is 3. The molecule has 2 heterocycles. The molecule has 0 fully saturated rings. The van der Waals surface area contributed by atoms with Gasteiger partial charge in [0.1, 0.15) is 11.6 Å². The van der Waals surface area contributed by atoms with Gasteiger partial charge in [-0.15, -0.1) is 10.2 Å². The highest BCUT2D eigenvalue weighted by molar-refractivity contribution is 6.32. The summed E-state index contributed by atoms with van der Waals surface area (Å²) in [6.45, 7) is 2.71. The van der Waals surface area contributed by atoms with Gasteiger partial charge >= 0.3 is 0 Å². The number of rotatable bonds is 5. The second-order valence-corrected chi connectivity index (χ2v) is 5.65. The Bertz CT molecular complexity index is 686. The number of nitrogens with one attached hydrogen (secondary N) is 1. The third kappa shape index (κ3) is 3.06. The van der Waals surface area contributed by atoms with Gasteiger partial charge in [-0.05, 0) is 25.5 Å². The van der Waals surface area contributed by atoms with Crippen LogP contribution in [-0.2, 0) is 17.8 Å². The van der Waals surface area contributed by atoms with E-state index in [1.165, 1.54) is 0 Å². The summed E-state index contributed by atoms with van der Waals surface area (Å²) in [5.74, 6) is 2.06. The molecule has 116 valence electrons. The Kier molecular flexibility index (Phi) is 4.29. The third-order valence-electron chi connectivity index (χ3n) is 3.60. The number of amides is 1. The van der Waals surface area contributed by atoms with Crippen LogP contribution in [0.15, 0.2) is 24.3 Å². The highest BCUT2D eigenvalue weighted by Gasteiger charge is 2.22. The largest absolute Gasteiger partial charge is 0.482 e. The van der Waals surface area contributed by atoms with Crippen LogP contribution in [-0.4, -0.2) is 27.3 Å². The van der Waals surface area contributed by atoms with Crippen molar-refractivity contribution in [3.05, 3.63) is 40.9 Å². The minimum Gasteiger partial charge on any atom is -0.482 e. The lowest BCUT2D eigenvalue weighted by Gasteiger charge is -2.14. The number of benzene rings is 1. The van der Waals surface area contributed by atoms with Crippen LogP contribution in [0, 0.1) is 0 Å². The van der Waals surface area contributed by atoms with Crippen molar-refractivity contribution in [2.24, 2.45) is 0 Å². The first-order valence-electron chi connectivity index (χ1n) is 7.24. The van der Waals surface area contributed by atoms with E-state index in [2.05, 4.69) is 20.1 Å². The maximum atomic E-state index is 12.0. The molecule has 1 amide bonds. The van der Waals surface area contributed by atoms with Gasteiger partial charge in [-0.25, -0.2) is 0 Å². The van der Waals surface area contributed by atoms with Crippen LogP contribution in [0.3, 0.4) is 0 Å². The Morgan fingerprint density at radius 3 is 3.09 bits per heavy atom. The molecule has 22 heavy (non-hydrogen) atoms. The van der Waals surface area contributed by atoms with E-state index in [4.69, 9.17) is 16.3 Å². The lowest BCUT2D eigenvalue weighted by molar-refractivity contribution is -0.123. The molecule has 0 unspecified atom stereocenters. The van der Waals surface area contributed by atoms with E-state index in [0.717, 1.165) is 31.0 Å². The smallest absolute Gasteiger partial charge is 0.258 e. The van der Waals surface area contributed by atoms with Crippen LogP contribution in [0.2, 0.25) is 5.02 Å². The average Bonchev–Trinajstić information content (AvgIpc) is 3.09. The Hall–Kier alpha value is -2.08. The molecule has 1 aromatic heterocycles. The van der Waals surface area contributed by atoms with Crippen LogP contribution in [0.5, 0.6) is 5.75 Å². The zero-order valence-corrected chi connectivity index (χ0v) is 13.0. The number of fused-ring (bicyclic) bond motifs is 1. The van der Waals surface area contributed by atoms with Gasteiger partial charge in [-0.2, -0.15) is 0 Å². The third-order valence-corrected chi connectivity index (χ3v) is 3.91. The number of halogens is 1. The van der Waals surface area contributed by atoms with Gasteiger partial charge in [0.15, 0.2) is 12.4 Å². The number of carbonyl (C=O) groups is 1. The second-order valence-electron chi connectivity index (χ2n) is 5.24. The van der Waals surface area contributed by atoms with E-state index >= 15 is 0 Å². The van der Waals surface area contributed by atoms with Crippen molar-refractivity contribution in [3.8, 4) is 5.75 Å². The van der Waals surface area contributed by atoms with Crippen molar-refractivity contribution < 1.29 is 9.53 Å². The maximum Gasteiger partial charge on any atom is 0.258 e. The molecule has 1 aromatic carbocycles. The summed E-state index contributed by atoms with van der Waals surface area (Å²) in [6, 6.07) is 6.85. The minimum atomic E-state index is -0.220.